The summed E-state index contributed by atoms with van der Waals surface area (Å²) in [4.78, 5) is 0. The first kappa shape index (κ1) is 14.7. The second kappa shape index (κ2) is 6.67. The van der Waals surface area contributed by atoms with Crippen molar-refractivity contribution in [2.24, 2.45) is 0 Å². The van der Waals surface area contributed by atoms with Crippen LogP contribution in [0.5, 0.6) is 0 Å². The molecule has 0 spiro atoms. The lowest BCUT2D eigenvalue weighted by Crippen LogP contribution is -2.26. The average Bonchev–Trinajstić information content (AvgIpc) is 2.87. The third kappa shape index (κ3) is 4.79. The van der Waals surface area contributed by atoms with Crippen LogP contribution < -0.4 is 4.72 Å². The van der Waals surface area contributed by atoms with Crippen molar-refractivity contribution >= 4 is 10.0 Å². The van der Waals surface area contributed by atoms with Crippen LogP contribution in [0.4, 0.5) is 0 Å². The maximum Gasteiger partial charge on any atom is 0.215 e. The third-order valence-electron chi connectivity index (χ3n) is 2.89. The van der Waals surface area contributed by atoms with Gasteiger partial charge in [0.1, 0.15) is 6.26 Å². The van der Waals surface area contributed by atoms with Crippen molar-refractivity contribution in [3.05, 3.63) is 53.4 Å². The van der Waals surface area contributed by atoms with Gasteiger partial charge in [0, 0.05) is 12.1 Å². The average molecular weight is 294 g/mol. The van der Waals surface area contributed by atoms with Crippen LogP contribution in [-0.2, 0) is 22.2 Å². The van der Waals surface area contributed by atoms with Crippen LogP contribution in [0.3, 0.4) is 0 Å². The fourth-order valence-corrected chi connectivity index (χ4v) is 3.12. The van der Waals surface area contributed by atoms with Gasteiger partial charge in [0.15, 0.2) is 0 Å². The molecule has 0 unspecified atom stereocenters. The van der Waals surface area contributed by atoms with Crippen molar-refractivity contribution < 1.29 is 12.9 Å². The molecule has 108 valence electrons. The van der Waals surface area contributed by atoms with Crippen LogP contribution in [0, 0.1) is 6.92 Å². The minimum Gasteiger partial charge on any atom is -0.364 e. The van der Waals surface area contributed by atoms with E-state index in [9.17, 15) is 8.42 Å². The summed E-state index contributed by atoms with van der Waals surface area (Å²) >= 11 is 0. The molecule has 2 rings (SSSR count). The second-order valence-electron chi connectivity index (χ2n) is 4.78. The molecule has 0 saturated heterocycles. The lowest BCUT2D eigenvalue weighted by atomic mass is 10.2. The summed E-state index contributed by atoms with van der Waals surface area (Å²) < 4.78 is 31.2. The Hall–Kier alpha value is -1.66. The van der Waals surface area contributed by atoms with Gasteiger partial charge in [-0.1, -0.05) is 35.0 Å². The van der Waals surface area contributed by atoms with E-state index >= 15 is 0 Å². The minimum absolute atomic E-state index is 0.0158. The van der Waals surface area contributed by atoms with E-state index in [1.807, 2.05) is 31.2 Å². The SMILES string of the molecule is Cc1cccc(CS(=O)(=O)NCCCc2cnoc2)c1. The van der Waals surface area contributed by atoms with E-state index in [1.54, 1.807) is 12.5 Å². The number of hydrogen-bond acceptors (Lipinski definition) is 4. The van der Waals surface area contributed by atoms with E-state index in [2.05, 4.69) is 9.88 Å². The van der Waals surface area contributed by atoms with Crippen molar-refractivity contribution in [2.75, 3.05) is 6.54 Å². The molecule has 0 aliphatic rings. The zero-order chi connectivity index (χ0) is 14.4. The summed E-state index contributed by atoms with van der Waals surface area (Å²) in [6.07, 6.45) is 4.67. The van der Waals surface area contributed by atoms with Crippen molar-refractivity contribution in [3.8, 4) is 0 Å². The predicted octanol–water partition coefficient (Wildman–Crippen LogP) is 2.04. The summed E-state index contributed by atoms with van der Waals surface area (Å²) in [6, 6.07) is 7.52. The highest BCUT2D eigenvalue weighted by Crippen LogP contribution is 2.08. The molecule has 0 radical (unpaired) electrons. The zero-order valence-corrected chi connectivity index (χ0v) is 12.2. The van der Waals surface area contributed by atoms with Gasteiger partial charge < -0.3 is 4.52 Å². The van der Waals surface area contributed by atoms with E-state index in [0.29, 0.717) is 13.0 Å². The van der Waals surface area contributed by atoms with Crippen LogP contribution in [0.25, 0.3) is 0 Å². The highest BCUT2D eigenvalue weighted by Gasteiger charge is 2.10. The Morgan fingerprint density at radius 2 is 2.15 bits per heavy atom. The molecule has 2 aromatic rings. The van der Waals surface area contributed by atoms with E-state index in [4.69, 9.17) is 4.52 Å². The quantitative estimate of drug-likeness (QED) is 0.793. The van der Waals surface area contributed by atoms with Crippen LogP contribution in [0.1, 0.15) is 23.1 Å². The largest absolute Gasteiger partial charge is 0.364 e. The minimum atomic E-state index is -3.28. The normalized spacial score (nSPS) is 11.7. The summed E-state index contributed by atoms with van der Waals surface area (Å²) in [5, 5.41) is 3.60. The predicted molar refractivity (Wildman–Crippen MR) is 76.6 cm³/mol. The molecular weight excluding hydrogens is 276 g/mol. The van der Waals surface area contributed by atoms with Gasteiger partial charge in [-0.2, -0.15) is 0 Å². The Kier molecular flexibility index (Phi) is 4.92. The molecule has 20 heavy (non-hydrogen) atoms. The van der Waals surface area contributed by atoms with E-state index in [0.717, 1.165) is 23.1 Å². The molecule has 1 N–H and O–H groups in total. The van der Waals surface area contributed by atoms with E-state index in [1.165, 1.54) is 0 Å². The van der Waals surface area contributed by atoms with E-state index < -0.39 is 10.0 Å². The Bertz CT molecular complexity index is 636. The second-order valence-corrected chi connectivity index (χ2v) is 6.59. The first-order chi connectivity index (χ1) is 9.55. The fraction of sp³-hybridized carbons (Fsp3) is 0.357. The zero-order valence-electron chi connectivity index (χ0n) is 11.4. The van der Waals surface area contributed by atoms with Gasteiger partial charge in [0.2, 0.25) is 10.0 Å². The topological polar surface area (TPSA) is 72.2 Å². The number of sulfonamides is 1. The number of nitrogens with one attached hydrogen (secondary N) is 1. The highest BCUT2D eigenvalue weighted by molar-refractivity contribution is 7.88. The van der Waals surface area contributed by atoms with Gasteiger partial charge in [-0.15, -0.1) is 0 Å². The van der Waals surface area contributed by atoms with Gasteiger partial charge in [0.25, 0.3) is 0 Å². The van der Waals surface area contributed by atoms with Crippen LogP contribution in [-0.4, -0.2) is 20.1 Å². The first-order valence-corrected chi connectivity index (χ1v) is 8.11. The van der Waals surface area contributed by atoms with Gasteiger partial charge in [-0.25, -0.2) is 13.1 Å². The molecule has 0 bridgehead atoms. The number of hydrogen-bond donors (Lipinski definition) is 1. The lowest BCUT2D eigenvalue weighted by Gasteiger charge is -2.07. The van der Waals surface area contributed by atoms with Crippen molar-refractivity contribution in [2.45, 2.75) is 25.5 Å². The number of benzene rings is 1. The van der Waals surface area contributed by atoms with Crippen LogP contribution in [0.15, 0.2) is 41.2 Å². The third-order valence-corrected chi connectivity index (χ3v) is 4.24. The summed E-state index contributed by atoms with van der Waals surface area (Å²) in [7, 11) is -3.28. The number of nitrogens with zero attached hydrogens (tertiary/aromatic N) is 1. The molecule has 0 fully saturated rings. The molecule has 0 saturated carbocycles. The Morgan fingerprint density at radius 1 is 1.30 bits per heavy atom. The summed E-state index contributed by atoms with van der Waals surface area (Å²) in [6.45, 7) is 2.36. The number of rotatable bonds is 7. The standard InChI is InChI=1S/C14H18N2O3S/c1-12-4-2-5-13(8-12)11-20(17,18)16-7-3-6-14-9-15-19-10-14/h2,4-5,8-10,16H,3,6-7,11H2,1H3. The lowest BCUT2D eigenvalue weighted by molar-refractivity contribution is 0.418. The Morgan fingerprint density at radius 3 is 2.85 bits per heavy atom. The van der Waals surface area contributed by atoms with Crippen LogP contribution >= 0.6 is 0 Å². The van der Waals surface area contributed by atoms with Crippen molar-refractivity contribution in [1.82, 2.24) is 9.88 Å². The molecule has 5 nitrogen and oxygen atoms in total. The molecule has 1 aromatic heterocycles. The molecule has 0 atom stereocenters. The molecule has 1 aromatic carbocycles. The number of aromatic nitrogens is 1. The molecular formula is C14H18N2O3S. The molecule has 6 heteroatoms. The Balaban J connectivity index is 1.79. The van der Waals surface area contributed by atoms with E-state index in [-0.39, 0.29) is 5.75 Å². The van der Waals surface area contributed by atoms with Crippen molar-refractivity contribution in [3.63, 3.8) is 0 Å². The molecule has 0 aliphatic carbocycles. The maximum absolute atomic E-state index is 11.9. The summed E-state index contributed by atoms with van der Waals surface area (Å²) in [5.74, 6) is 0.0158. The Labute approximate surface area is 119 Å². The first-order valence-electron chi connectivity index (χ1n) is 6.46. The smallest absolute Gasteiger partial charge is 0.215 e. The maximum atomic E-state index is 11.9. The molecule has 0 aliphatic heterocycles. The monoisotopic (exact) mass is 294 g/mol. The fourth-order valence-electron chi connectivity index (χ4n) is 1.94. The van der Waals surface area contributed by atoms with Gasteiger partial charge in [-0.05, 0) is 25.3 Å². The highest BCUT2D eigenvalue weighted by atomic mass is 32.2. The van der Waals surface area contributed by atoms with Crippen molar-refractivity contribution in [1.29, 1.82) is 0 Å². The van der Waals surface area contributed by atoms with Gasteiger partial charge >= 0.3 is 0 Å². The molecule has 0 amide bonds. The summed E-state index contributed by atoms with van der Waals surface area (Å²) in [5.41, 5.74) is 2.84. The van der Waals surface area contributed by atoms with Crippen LogP contribution in [0.2, 0.25) is 0 Å². The van der Waals surface area contributed by atoms with Gasteiger partial charge in [0.05, 0.1) is 11.9 Å². The molecule has 1 heterocycles. The number of aryl methyl sites for hydroxylation is 2. The van der Waals surface area contributed by atoms with Gasteiger partial charge in [-0.3, -0.25) is 0 Å².